The van der Waals surface area contributed by atoms with Gasteiger partial charge in [0.2, 0.25) is 0 Å². The van der Waals surface area contributed by atoms with Crippen LogP contribution in [0, 0.1) is 0 Å². The van der Waals surface area contributed by atoms with Crippen LogP contribution in [-0.4, -0.2) is 29.4 Å². The predicted molar refractivity (Wildman–Crippen MR) is 76.0 cm³/mol. The molecule has 5 nitrogen and oxygen atoms in total. The largest absolute Gasteiger partial charge is 0.497 e. The number of rotatable bonds is 2. The number of methoxy groups -OCH3 is 1. The second kappa shape index (κ2) is 5.09. The maximum Gasteiger partial charge on any atom is 0.309 e. The topological polar surface area (TPSA) is 57.1 Å². The van der Waals surface area contributed by atoms with Crippen molar-refractivity contribution >= 4 is 27.6 Å². The van der Waals surface area contributed by atoms with E-state index in [2.05, 4.69) is 21.1 Å². The fraction of sp³-hybridized carbons (Fsp3) is 0.429. The van der Waals surface area contributed by atoms with Gasteiger partial charge >= 0.3 is 5.97 Å². The number of ether oxygens (including phenoxy) is 2. The number of carbonyl (C=O) groups excluding carboxylic acids is 1. The van der Waals surface area contributed by atoms with Crippen LogP contribution in [0.2, 0.25) is 0 Å². The number of nitrogens with zero attached hydrogens (tertiary/aromatic N) is 1. The second-order valence-electron chi connectivity index (χ2n) is 4.80. The maximum atomic E-state index is 11.5. The number of hydrogen-bond donors (Lipinski definition) is 0. The smallest absolute Gasteiger partial charge is 0.309 e. The maximum absolute atomic E-state index is 11.5. The molecule has 0 amide bonds. The summed E-state index contributed by atoms with van der Waals surface area (Å²) in [7, 11) is 1.62. The molecule has 0 saturated carbocycles. The molecule has 0 aromatic heterocycles. The van der Waals surface area contributed by atoms with Gasteiger partial charge in [0, 0.05) is 18.4 Å². The van der Waals surface area contributed by atoms with Crippen LogP contribution in [0.15, 0.2) is 29.4 Å². The van der Waals surface area contributed by atoms with Crippen molar-refractivity contribution in [1.82, 2.24) is 0 Å². The van der Waals surface area contributed by atoms with Gasteiger partial charge in [-0.15, -0.1) is 0 Å². The Hall–Kier alpha value is -1.56. The molecule has 1 saturated heterocycles. The molecule has 0 unspecified atom stereocenters. The quantitative estimate of drug-likeness (QED) is 0.613. The van der Waals surface area contributed by atoms with Gasteiger partial charge in [0.05, 0.1) is 7.11 Å². The van der Waals surface area contributed by atoms with Crippen molar-refractivity contribution in [1.29, 1.82) is 0 Å². The summed E-state index contributed by atoms with van der Waals surface area (Å²) < 4.78 is 10.5. The van der Waals surface area contributed by atoms with Crippen LogP contribution in [0.1, 0.15) is 24.8 Å². The first-order chi connectivity index (χ1) is 9.64. The molecule has 0 N–H and O–H groups in total. The molecular formula is C14H14BrNO4. The van der Waals surface area contributed by atoms with Gasteiger partial charge < -0.3 is 14.3 Å². The molecule has 2 atom stereocenters. The molecule has 2 aliphatic rings. The van der Waals surface area contributed by atoms with Gasteiger partial charge in [-0.05, 0) is 30.7 Å². The van der Waals surface area contributed by atoms with Crippen LogP contribution in [0.4, 0.5) is 0 Å². The fourth-order valence-electron chi connectivity index (χ4n) is 2.40. The molecule has 2 heterocycles. The second-order valence-corrected chi connectivity index (χ2v) is 5.71. The highest BCUT2D eigenvalue weighted by molar-refractivity contribution is 9.10. The van der Waals surface area contributed by atoms with E-state index in [1.54, 1.807) is 7.11 Å². The molecule has 6 heteroatoms. The van der Waals surface area contributed by atoms with E-state index < -0.39 is 5.79 Å². The Bertz CT molecular complexity index is 557. The summed E-state index contributed by atoms with van der Waals surface area (Å²) in [5.41, 5.74) is 1.63. The summed E-state index contributed by atoms with van der Waals surface area (Å²) in [6.45, 7) is 0. The van der Waals surface area contributed by atoms with Gasteiger partial charge in [0.25, 0.3) is 5.79 Å². The number of alkyl halides is 1. The molecule has 1 fully saturated rings. The zero-order valence-electron chi connectivity index (χ0n) is 11.0. The molecule has 0 bridgehead atoms. The van der Waals surface area contributed by atoms with Crippen molar-refractivity contribution in [3.63, 3.8) is 0 Å². The van der Waals surface area contributed by atoms with Crippen LogP contribution < -0.4 is 4.74 Å². The predicted octanol–water partition coefficient (Wildman–Crippen LogP) is 2.62. The summed E-state index contributed by atoms with van der Waals surface area (Å²) in [5.74, 6) is -0.463. The number of oxime groups is 1. The summed E-state index contributed by atoms with van der Waals surface area (Å²) in [6.07, 6.45) is 1.81. The zero-order valence-corrected chi connectivity index (χ0v) is 12.6. The van der Waals surface area contributed by atoms with E-state index >= 15 is 0 Å². The standard InChI is InChI=1S/C14H14BrNO4/c1-18-10-6-4-9(5-7-10)12-13(15)14(20-16-12)8-2-3-11(17)19-14/h4-7,13H,2-3,8H2,1H3/t13-,14-/m0/s1. The van der Waals surface area contributed by atoms with E-state index in [0.29, 0.717) is 12.8 Å². The zero-order chi connectivity index (χ0) is 14.2. The van der Waals surface area contributed by atoms with Crippen molar-refractivity contribution in [2.45, 2.75) is 29.9 Å². The van der Waals surface area contributed by atoms with E-state index in [1.165, 1.54) is 0 Å². The summed E-state index contributed by atoms with van der Waals surface area (Å²) in [4.78, 5) is 16.7. The molecule has 20 heavy (non-hydrogen) atoms. The van der Waals surface area contributed by atoms with E-state index in [0.717, 1.165) is 23.4 Å². The van der Waals surface area contributed by atoms with Crippen LogP contribution in [-0.2, 0) is 14.4 Å². The molecule has 2 aliphatic heterocycles. The van der Waals surface area contributed by atoms with Gasteiger partial charge in [-0.3, -0.25) is 4.79 Å². The van der Waals surface area contributed by atoms with Crippen LogP contribution in [0.5, 0.6) is 5.75 Å². The summed E-state index contributed by atoms with van der Waals surface area (Å²) >= 11 is 3.56. The lowest BCUT2D eigenvalue weighted by Crippen LogP contribution is -2.46. The van der Waals surface area contributed by atoms with E-state index in [9.17, 15) is 4.79 Å². The average Bonchev–Trinajstić information content (AvgIpc) is 2.76. The first-order valence-corrected chi connectivity index (χ1v) is 7.32. The third-order valence-electron chi connectivity index (χ3n) is 3.50. The minimum Gasteiger partial charge on any atom is -0.497 e. The molecule has 1 aromatic carbocycles. The molecule has 0 aliphatic carbocycles. The highest BCUT2D eigenvalue weighted by Gasteiger charge is 2.53. The average molecular weight is 340 g/mol. The van der Waals surface area contributed by atoms with E-state index in [-0.39, 0.29) is 10.8 Å². The molecular weight excluding hydrogens is 326 g/mol. The molecule has 3 rings (SSSR count). The Kier molecular flexibility index (Phi) is 3.41. The minimum atomic E-state index is -0.995. The van der Waals surface area contributed by atoms with Crippen molar-refractivity contribution < 1.29 is 19.1 Å². The highest BCUT2D eigenvalue weighted by atomic mass is 79.9. The van der Waals surface area contributed by atoms with Crippen LogP contribution in [0.3, 0.4) is 0 Å². The number of hydrogen-bond acceptors (Lipinski definition) is 5. The van der Waals surface area contributed by atoms with Crippen molar-refractivity contribution in [3.05, 3.63) is 29.8 Å². The SMILES string of the molecule is COc1ccc(C2=NO[C@@]3(CCCC(=O)O3)[C@H]2Br)cc1. The monoisotopic (exact) mass is 339 g/mol. The first-order valence-electron chi connectivity index (χ1n) is 6.41. The lowest BCUT2D eigenvalue weighted by molar-refractivity contribution is -0.231. The summed E-state index contributed by atoms with van der Waals surface area (Å²) in [6, 6.07) is 7.52. The Labute approximate surface area is 125 Å². The Morgan fingerprint density at radius 3 is 2.80 bits per heavy atom. The summed E-state index contributed by atoms with van der Waals surface area (Å²) in [5, 5.41) is 4.11. The third kappa shape index (κ3) is 2.18. The number of carbonyl (C=O) groups is 1. The van der Waals surface area contributed by atoms with Gasteiger partial charge in [-0.2, -0.15) is 0 Å². The van der Waals surface area contributed by atoms with Crippen molar-refractivity contribution in [3.8, 4) is 5.75 Å². The number of benzene rings is 1. The molecule has 1 aromatic rings. The lowest BCUT2D eigenvalue weighted by Gasteiger charge is -2.32. The van der Waals surface area contributed by atoms with Crippen molar-refractivity contribution in [2.75, 3.05) is 7.11 Å². The number of halogens is 1. The third-order valence-corrected chi connectivity index (χ3v) is 4.63. The van der Waals surface area contributed by atoms with Gasteiger partial charge in [-0.25, -0.2) is 0 Å². The molecule has 106 valence electrons. The van der Waals surface area contributed by atoms with Crippen LogP contribution >= 0.6 is 15.9 Å². The first kappa shape index (κ1) is 13.4. The Morgan fingerprint density at radius 2 is 2.15 bits per heavy atom. The van der Waals surface area contributed by atoms with Gasteiger partial charge in [-0.1, -0.05) is 21.1 Å². The Balaban J connectivity index is 1.83. The number of esters is 1. The Morgan fingerprint density at radius 1 is 1.40 bits per heavy atom. The molecule has 1 spiro atoms. The highest BCUT2D eigenvalue weighted by Crippen LogP contribution is 2.40. The van der Waals surface area contributed by atoms with E-state index in [1.807, 2.05) is 24.3 Å². The van der Waals surface area contributed by atoms with Crippen molar-refractivity contribution in [2.24, 2.45) is 5.16 Å². The lowest BCUT2D eigenvalue weighted by atomic mass is 9.97. The van der Waals surface area contributed by atoms with Gasteiger partial charge in [0.15, 0.2) is 0 Å². The van der Waals surface area contributed by atoms with Crippen LogP contribution in [0.25, 0.3) is 0 Å². The minimum absolute atomic E-state index is 0.244. The molecule has 0 radical (unpaired) electrons. The normalized spacial score (nSPS) is 28.8. The van der Waals surface area contributed by atoms with E-state index in [4.69, 9.17) is 14.3 Å². The van der Waals surface area contributed by atoms with Gasteiger partial charge in [0.1, 0.15) is 16.3 Å². The fourth-order valence-corrected chi connectivity index (χ4v) is 3.16.